The van der Waals surface area contributed by atoms with Crippen LogP contribution in [0.5, 0.6) is 0 Å². The van der Waals surface area contributed by atoms with Gasteiger partial charge in [0, 0.05) is 32.6 Å². The third kappa shape index (κ3) is 3.45. The number of hydrogen-bond acceptors (Lipinski definition) is 2. The highest BCUT2D eigenvalue weighted by atomic mass is 16.3. The van der Waals surface area contributed by atoms with Gasteiger partial charge >= 0.3 is 0 Å². The summed E-state index contributed by atoms with van der Waals surface area (Å²) in [5, 5.41) is 5.85. The molecule has 0 aliphatic carbocycles. The van der Waals surface area contributed by atoms with Gasteiger partial charge in [0.1, 0.15) is 16.9 Å². The van der Waals surface area contributed by atoms with Gasteiger partial charge in [-0.25, -0.2) is 4.98 Å². The van der Waals surface area contributed by atoms with Crippen molar-refractivity contribution in [1.29, 1.82) is 0 Å². The zero-order chi connectivity index (χ0) is 29.5. The summed E-state index contributed by atoms with van der Waals surface area (Å²) in [7, 11) is 0. The van der Waals surface area contributed by atoms with E-state index < -0.39 is 0 Å². The Balaban J connectivity index is 1.33. The first-order chi connectivity index (χ1) is 22.3. The van der Waals surface area contributed by atoms with Crippen molar-refractivity contribution in [2.45, 2.75) is 0 Å². The van der Waals surface area contributed by atoms with Gasteiger partial charge in [0.15, 0.2) is 5.58 Å². The van der Waals surface area contributed by atoms with E-state index in [9.17, 15) is 0 Å². The van der Waals surface area contributed by atoms with Crippen LogP contribution in [0.4, 0.5) is 0 Å². The Morgan fingerprint density at radius 2 is 0.978 bits per heavy atom. The van der Waals surface area contributed by atoms with E-state index >= 15 is 0 Å². The summed E-state index contributed by atoms with van der Waals surface area (Å²) in [6, 6.07) is 53.6. The Kier molecular flexibility index (Phi) is 4.96. The summed E-state index contributed by atoms with van der Waals surface area (Å²) >= 11 is 0. The molecule has 4 heteroatoms. The van der Waals surface area contributed by atoms with Crippen molar-refractivity contribution in [1.82, 2.24) is 14.1 Å². The standard InChI is InChI=1S/C41H25N3O/c1-2-10-26(11-3-1)27-18-20-28(21-19-27)43-34-15-7-4-12-29(34)31-22-23-32-30-13-5-8-16-35(30)44(41(32)40(31)43)38-25-24-37-39(42-38)33-14-6-9-17-36(33)45-37/h1-25H. The molecule has 0 N–H and O–H groups in total. The van der Waals surface area contributed by atoms with Crippen LogP contribution in [0.25, 0.3) is 88.3 Å². The van der Waals surface area contributed by atoms with E-state index in [2.05, 4.69) is 143 Å². The molecule has 4 nitrogen and oxygen atoms in total. The van der Waals surface area contributed by atoms with E-state index in [0.717, 1.165) is 50.1 Å². The van der Waals surface area contributed by atoms with Crippen molar-refractivity contribution < 1.29 is 4.42 Å². The van der Waals surface area contributed by atoms with Crippen LogP contribution in [-0.2, 0) is 0 Å². The van der Waals surface area contributed by atoms with Crippen LogP contribution < -0.4 is 0 Å². The maximum atomic E-state index is 6.15. The highest BCUT2D eigenvalue weighted by Crippen LogP contribution is 2.42. The summed E-state index contributed by atoms with van der Waals surface area (Å²) in [5.74, 6) is 0.865. The van der Waals surface area contributed by atoms with Gasteiger partial charge in [-0.2, -0.15) is 0 Å². The number of benzene rings is 6. The van der Waals surface area contributed by atoms with E-state index in [4.69, 9.17) is 9.40 Å². The van der Waals surface area contributed by atoms with Crippen LogP contribution in [0.2, 0.25) is 0 Å². The van der Waals surface area contributed by atoms with Gasteiger partial charge in [0.2, 0.25) is 0 Å². The second-order valence-electron chi connectivity index (χ2n) is 11.6. The first-order valence-electron chi connectivity index (χ1n) is 15.2. The van der Waals surface area contributed by atoms with Gasteiger partial charge < -0.3 is 8.98 Å². The van der Waals surface area contributed by atoms with Crippen molar-refractivity contribution in [2.24, 2.45) is 0 Å². The molecule has 0 spiro atoms. The second kappa shape index (κ2) is 9.18. The first kappa shape index (κ1) is 24.3. The van der Waals surface area contributed by atoms with Crippen LogP contribution in [-0.4, -0.2) is 14.1 Å². The monoisotopic (exact) mass is 575 g/mol. The zero-order valence-corrected chi connectivity index (χ0v) is 24.2. The van der Waals surface area contributed by atoms with Crippen molar-refractivity contribution >= 4 is 65.7 Å². The lowest BCUT2D eigenvalue weighted by Crippen LogP contribution is -2.00. The Hall–Kier alpha value is -6.13. The predicted molar refractivity (Wildman–Crippen MR) is 186 cm³/mol. The van der Waals surface area contributed by atoms with Crippen LogP contribution >= 0.6 is 0 Å². The Morgan fingerprint density at radius 3 is 1.71 bits per heavy atom. The molecule has 0 aliphatic heterocycles. The average Bonchev–Trinajstić information content (AvgIpc) is 3.76. The normalized spacial score (nSPS) is 12.0. The molecule has 0 unspecified atom stereocenters. The minimum Gasteiger partial charge on any atom is -0.454 e. The van der Waals surface area contributed by atoms with Gasteiger partial charge in [-0.15, -0.1) is 0 Å². The zero-order valence-electron chi connectivity index (χ0n) is 24.2. The summed E-state index contributed by atoms with van der Waals surface area (Å²) < 4.78 is 10.9. The SMILES string of the molecule is c1ccc(-c2ccc(-n3c4ccccc4c4ccc5c6ccccc6n(-c6ccc7oc8ccccc8c7n6)c5c43)cc2)cc1. The highest BCUT2D eigenvalue weighted by molar-refractivity contribution is 6.23. The minimum atomic E-state index is 0.790. The predicted octanol–water partition coefficient (Wildman–Crippen LogP) is 10.8. The summed E-state index contributed by atoms with van der Waals surface area (Å²) in [4.78, 5) is 5.27. The van der Waals surface area contributed by atoms with Crippen LogP contribution in [0, 0.1) is 0 Å². The molecule has 6 aromatic carbocycles. The number of rotatable bonds is 3. The summed E-state index contributed by atoms with van der Waals surface area (Å²) in [6.45, 7) is 0. The highest BCUT2D eigenvalue weighted by Gasteiger charge is 2.22. The molecule has 0 saturated heterocycles. The summed E-state index contributed by atoms with van der Waals surface area (Å²) in [5.41, 5.74) is 10.6. The average molecular weight is 576 g/mol. The third-order valence-corrected chi connectivity index (χ3v) is 9.14. The lowest BCUT2D eigenvalue weighted by molar-refractivity contribution is 0.668. The fraction of sp³-hybridized carbons (Fsp3) is 0. The molecular weight excluding hydrogens is 550 g/mol. The minimum absolute atomic E-state index is 0.790. The largest absolute Gasteiger partial charge is 0.454 e. The summed E-state index contributed by atoms with van der Waals surface area (Å²) in [6.07, 6.45) is 0. The molecule has 4 heterocycles. The van der Waals surface area contributed by atoms with Gasteiger partial charge in [-0.1, -0.05) is 103 Å². The fourth-order valence-electron chi connectivity index (χ4n) is 7.15. The number of fused-ring (bicyclic) bond motifs is 10. The molecule has 4 aromatic heterocycles. The van der Waals surface area contributed by atoms with E-state index in [-0.39, 0.29) is 0 Å². The number of pyridine rings is 1. The Bertz CT molecular complexity index is 2750. The van der Waals surface area contributed by atoms with Crippen molar-refractivity contribution in [3.05, 3.63) is 152 Å². The van der Waals surface area contributed by atoms with E-state index in [0.29, 0.717) is 0 Å². The maximum absolute atomic E-state index is 6.15. The molecular formula is C41H25N3O. The van der Waals surface area contributed by atoms with E-state index in [1.165, 1.54) is 38.2 Å². The van der Waals surface area contributed by atoms with Crippen LogP contribution in [0.3, 0.4) is 0 Å². The fourth-order valence-corrected chi connectivity index (χ4v) is 7.15. The molecule has 0 saturated carbocycles. The lowest BCUT2D eigenvalue weighted by atomic mass is 10.1. The van der Waals surface area contributed by atoms with E-state index in [1.807, 2.05) is 18.2 Å². The lowest BCUT2D eigenvalue weighted by Gasteiger charge is -2.13. The van der Waals surface area contributed by atoms with Crippen molar-refractivity contribution in [3.8, 4) is 22.6 Å². The van der Waals surface area contributed by atoms with Crippen LogP contribution in [0.15, 0.2) is 156 Å². The topological polar surface area (TPSA) is 35.9 Å². The van der Waals surface area contributed by atoms with E-state index in [1.54, 1.807) is 0 Å². The number of aromatic nitrogens is 3. The molecule has 0 bridgehead atoms. The van der Waals surface area contributed by atoms with Crippen molar-refractivity contribution in [3.63, 3.8) is 0 Å². The van der Waals surface area contributed by atoms with Gasteiger partial charge in [0.25, 0.3) is 0 Å². The number of para-hydroxylation sites is 3. The van der Waals surface area contributed by atoms with Crippen molar-refractivity contribution in [2.75, 3.05) is 0 Å². The first-order valence-corrected chi connectivity index (χ1v) is 15.2. The Morgan fingerprint density at radius 1 is 0.400 bits per heavy atom. The second-order valence-corrected chi connectivity index (χ2v) is 11.6. The molecule has 45 heavy (non-hydrogen) atoms. The maximum Gasteiger partial charge on any atom is 0.154 e. The molecule has 0 atom stereocenters. The molecule has 0 fully saturated rings. The number of nitrogens with zero attached hydrogens (tertiary/aromatic N) is 3. The quantitative estimate of drug-likeness (QED) is 0.210. The number of furan rings is 1. The van der Waals surface area contributed by atoms with Gasteiger partial charge in [-0.3, -0.25) is 4.57 Å². The molecule has 0 radical (unpaired) electrons. The van der Waals surface area contributed by atoms with Gasteiger partial charge in [-0.05, 0) is 59.7 Å². The molecule has 0 aliphatic rings. The smallest absolute Gasteiger partial charge is 0.154 e. The van der Waals surface area contributed by atoms with Crippen LogP contribution in [0.1, 0.15) is 0 Å². The third-order valence-electron chi connectivity index (χ3n) is 9.14. The Labute approximate surface area is 258 Å². The van der Waals surface area contributed by atoms with Gasteiger partial charge in [0.05, 0.1) is 22.1 Å². The molecule has 10 aromatic rings. The molecule has 0 amide bonds. The molecule has 10 rings (SSSR count). The molecule has 210 valence electrons. The number of hydrogen-bond donors (Lipinski definition) is 0.